The summed E-state index contributed by atoms with van der Waals surface area (Å²) in [6.45, 7) is 0. The summed E-state index contributed by atoms with van der Waals surface area (Å²) in [5.74, 6) is -7.90. The molecule has 0 aliphatic carbocycles. The van der Waals surface area contributed by atoms with Gasteiger partial charge < -0.3 is 10.8 Å². The van der Waals surface area contributed by atoms with Gasteiger partial charge in [-0.15, -0.1) is 12.4 Å². The summed E-state index contributed by atoms with van der Waals surface area (Å²) in [6, 6.07) is -0.602. The van der Waals surface area contributed by atoms with Crippen LogP contribution in [-0.2, 0) is 0 Å². The smallest absolute Gasteiger partial charge is 0.455 e. The van der Waals surface area contributed by atoms with Gasteiger partial charge in [-0.1, -0.05) is 12.1 Å². The maximum absolute atomic E-state index is 12.8. The fourth-order valence-corrected chi connectivity index (χ4v) is 1.15. The molecule has 1 aromatic rings. The minimum Gasteiger partial charge on any atom is -0.505 e. The predicted octanol–water partition coefficient (Wildman–Crippen LogP) is 3.15. The highest BCUT2D eigenvalue weighted by Gasteiger charge is 2.62. The maximum Gasteiger partial charge on any atom is 0.455 e. The molecule has 2 nitrogen and oxygen atoms in total. The van der Waals surface area contributed by atoms with Crippen LogP contribution in [0.15, 0.2) is 18.2 Å². The molecule has 3 N–H and O–H groups in total. The van der Waals surface area contributed by atoms with E-state index in [0.717, 1.165) is 6.07 Å². The van der Waals surface area contributed by atoms with E-state index in [1.54, 1.807) is 0 Å². The van der Waals surface area contributed by atoms with Gasteiger partial charge in [0.1, 0.15) is 6.04 Å². The van der Waals surface area contributed by atoms with Crippen molar-refractivity contribution in [2.24, 2.45) is 5.73 Å². The Morgan fingerprint density at radius 3 is 2.06 bits per heavy atom. The van der Waals surface area contributed by atoms with E-state index in [1.807, 2.05) is 0 Å². The fraction of sp³-hybridized carbons (Fsp3) is 0.333. The van der Waals surface area contributed by atoms with Crippen LogP contribution in [-0.4, -0.2) is 17.2 Å². The maximum atomic E-state index is 12.8. The molecule has 0 aliphatic rings. The molecule has 1 atom stereocenters. The minimum absolute atomic E-state index is 0. The Bertz CT molecular complexity index is 422. The van der Waals surface area contributed by atoms with Crippen molar-refractivity contribution >= 4 is 12.4 Å². The van der Waals surface area contributed by atoms with Crippen molar-refractivity contribution < 1.29 is 31.4 Å². The summed E-state index contributed by atoms with van der Waals surface area (Å²) in [7, 11) is 0. The first-order valence-corrected chi connectivity index (χ1v) is 4.26. The lowest BCUT2D eigenvalue weighted by atomic mass is 10.00. The Kier molecular flexibility index (Phi) is 4.90. The molecule has 1 rings (SSSR count). The molecule has 1 aromatic carbocycles. The minimum atomic E-state index is -5.88. The van der Waals surface area contributed by atoms with Crippen LogP contribution in [0.5, 0.6) is 5.75 Å². The van der Waals surface area contributed by atoms with E-state index >= 15 is 0 Å². The molecule has 0 aromatic heterocycles. The monoisotopic (exact) mass is 295 g/mol. The Hall–Kier alpha value is -1.15. The molecule has 0 saturated carbocycles. The molecule has 0 radical (unpaired) electrons. The van der Waals surface area contributed by atoms with Gasteiger partial charge in [0.2, 0.25) is 0 Å². The molecule has 0 bridgehead atoms. The molecular formula is C9H8ClF6NO. The van der Waals surface area contributed by atoms with Crippen LogP contribution in [0.3, 0.4) is 0 Å². The first-order chi connectivity index (χ1) is 7.59. The molecule has 104 valence electrons. The Morgan fingerprint density at radius 1 is 1.11 bits per heavy atom. The molecule has 0 fully saturated rings. The van der Waals surface area contributed by atoms with Gasteiger partial charge in [0.15, 0.2) is 11.6 Å². The average Bonchev–Trinajstić information content (AvgIpc) is 2.19. The van der Waals surface area contributed by atoms with Crippen LogP contribution in [0.1, 0.15) is 11.6 Å². The summed E-state index contributed by atoms with van der Waals surface area (Å²) < 4.78 is 74.5. The number of aromatic hydroxyl groups is 1. The fourth-order valence-electron chi connectivity index (χ4n) is 1.15. The molecule has 0 saturated heterocycles. The molecule has 0 unspecified atom stereocenters. The number of phenols is 1. The lowest BCUT2D eigenvalue weighted by Gasteiger charge is -2.26. The second kappa shape index (κ2) is 5.23. The number of benzene rings is 1. The number of phenolic OH excluding ortho intramolecular Hbond substituents is 1. The van der Waals surface area contributed by atoms with Gasteiger partial charge in [0.05, 0.1) is 0 Å². The van der Waals surface area contributed by atoms with E-state index in [1.165, 1.54) is 0 Å². The number of rotatable bonds is 2. The van der Waals surface area contributed by atoms with Crippen molar-refractivity contribution in [3.05, 3.63) is 29.6 Å². The number of para-hydroxylation sites is 1. The summed E-state index contributed by atoms with van der Waals surface area (Å²) in [5.41, 5.74) is 3.72. The van der Waals surface area contributed by atoms with Gasteiger partial charge in [-0.3, -0.25) is 0 Å². The van der Waals surface area contributed by atoms with Crippen LogP contribution >= 0.6 is 12.4 Å². The third-order valence-corrected chi connectivity index (χ3v) is 2.12. The van der Waals surface area contributed by atoms with Crippen LogP contribution in [0.2, 0.25) is 0 Å². The molecule has 0 amide bonds. The molecule has 0 heterocycles. The van der Waals surface area contributed by atoms with Crippen LogP contribution in [0.25, 0.3) is 0 Å². The quantitative estimate of drug-likeness (QED) is 0.823. The molecular weight excluding hydrogens is 288 g/mol. The van der Waals surface area contributed by atoms with E-state index in [9.17, 15) is 26.3 Å². The van der Waals surface area contributed by atoms with Crippen molar-refractivity contribution in [2.75, 3.05) is 0 Å². The zero-order chi connectivity index (χ0) is 13.4. The van der Waals surface area contributed by atoms with E-state index in [-0.39, 0.29) is 12.4 Å². The van der Waals surface area contributed by atoms with Gasteiger partial charge in [-0.2, -0.15) is 22.0 Å². The SMILES string of the molecule is Cl.N[C@H](c1cccc(F)c1O)C(F)(F)C(F)(F)F. The number of halogens is 7. The third-order valence-electron chi connectivity index (χ3n) is 2.12. The second-order valence-corrected chi connectivity index (χ2v) is 3.28. The van der Waals surface area contributed by atoms with E-state index in [4.69, 9.17) is 10.8 Å². The van der Waals surface area contributed by atoms with Crippen molar-refractivity contribution in [3.8, 4) is 5.75 Å². The number of hydrogen-bond donors (Lipinski definition) is 2. The number of nitrogens with two attached hydrogens (primary N) is 1. The highest BCUT2D eigenvalue weighted by Crippen LogP contribution is 2.45. The van der Waals surface area contributed by atoms with Crippen molar-refractivity contribution in [1.82, 2.24) is 0 Å². The molecule has 9 heteroatoms. The van der Waals surface area contributed by atoms with Gasteiger partial charge in [0, 0.05) is 5.56 Å². The predicted molar refractivity (Wildman–Crippen MR) is 53.2 cm³/mol. The molecule has 18 heavy (non-hydrogen) atoms. The van der Waals surface area contributed by atoms with Gasteiger partial charge >= 0.3 is 12.1 Å². The number of alkyl halides is 5. The summed E-state index contributed by atoms with van der Waals surface area (Å²) in [4.78, 5) is 0. The van der Waals surface area contributed by atoms with Gasteiger partial charge in [-0.05, 0) is 6.07 Å². The first-order valence-electron chi connectivity index (χ1n) is 4.26. The topological polar surface area (TPSA) is 46.2 Å². The normalized spacial score (nSPS) is 13.9. The highest BCUT2D eigenvalue weighted by molar-refractivity contribution is 5.85. The van der Waals surface area contributed by atoms with Crippen LogP contribution in [0.4, 0.5) is 26.3 Å². The van der Waals surface area contributed by atoms with E-state index < -0.39 is 35.3 Å². The third kappa shape index (κ3) is 2.81. The van der Waals surface area contributed by atoms with E-state index in [0.29, 0.717) is 12.1 Å². The standard InChI is InChI=1S/C9H7F6NO.ClH/c10-5-3-1-2-4(6(5)17)7(16)8(11,12)9(13,14)15;/h1-3,7,17H,16H2;1H/t7-;/m1./s1. The summed E-state index contributed by atoms with van der Waals surface area (Å²) >= 11 is 0. The largest absolute Gasteiger partial charge is 0.505 e. The summed E-state index contributed by atoms with van der Waals surface area (Å²) in [5, 5.41) is 9.04. The first kappa shape index (κ1) is 16.9. The Morgan fingerprint density at radius 2 is 1.61 bits per heavy atom. The molecule has 0 aliphatic heterocycles. The highest BCUT2D eigenvalue weighted by atomic mass is 35.5. The Balaban J connectivity index is 0.00000289. The second-order valence-electron chi connectivity index (χ2n) is 3.28. The zero-order valence-corrected chi connectivity index (χ0v) is 9.33. The van der Waals surface area contributed by atoms with E-state index in [2.05, 4.69) is 0 Å². The van der Waals surface area contributed by atoms with Gasteiger partial charge in [-0.25, -0.2) is 4.39 Å². The van der Waals surface area contributed by atoms with Gasteiger partial charge in [0.25, 0.3) is 0 Å². The van der Waals surface area contributed by atoms with Crippen molar-refractivity contribution in [1.29, 1.82) is 0 Å². The summed E-state index contributed by atoms with van der Waals surface area (Å²) in [6.07, 6.45) is -5.88. The van der Waals surface area contributed by atoms with Crippen molar-refractivity contribution in [2.45, 2.75) is 18.1 Å². The lowest BCUT2D eigenvalue weighted by molar-refractivity contribution is -0.291. The average molecular weight is 296 g/mol. The van der Waals surface area contributed by atoms with Crippen LogP contribution < -0.4 is 5.73 Å². The Labute approximate surface area is 104 Å². The van der Waals surface area contributed by atoms with Crippen LogP contribution in [0, 0.1) is 5.82 Å². The number of hydrogen-bond acceptors (Lipinski definition) is 2. The van der Waals surface area contributed by atoms with Crippen molar-refractivity contribution in [3.63, 3.8) is 0 Å². The molecule has 0 spiro atoms. The lowest BCUT2D eigenvalue weighted by Crippen LogP contribution is -2.45. The zero-order valence-electron chi connectivity index (χ0n) is 8.51.